The van der Waals surface area contributed by atoms with E-state index in [9.17, 15) is 13.4 Å². The smallest absolute Gasteiger partial charge is 0.219 e. The molecule has 1 aromatic carbocycles. The van der Waals surface area contributed by atoms with Gasteiger partial charge in [-0.2, -0.15) is 0 Å². The van der Waals surface area contributed by atoms with E-state index >= 15 is 0 Å². The van der Waals surface area contributed by atoms with E-state index in [1.807, 2.05) is 0 Å². The van der Waals surface area contributed by atoms with Crippen LogP contribution in [0.1, 0.15) is 11.9 Å². The van der Waals surface area contributed by atoms with Gasteiger partial charge in [-0.05, 0) is 0 Å². The molecule has 0 aliphatic rings. The summed E-state index contributed by atoms with van der Waals surface area (Å²) in [6.45, 7) is 0. The fourth-order valence-corrected chi connectivity index (χ4v) is 0.725. The molecule has 1 aromatic rings. The first kappa shape index (κ1) is 11.0. The van der Waals surface area contributed by atoms with Gasteiger partial charge in [0.2, 0.25) is 6.30 Å². The number of hydrogen-bond acceptors (Lipinski definition) is 1. The van der Waals surface area contributed by atoms with Gasteiger partial charge in [-0.1, -0.05) is 39.3 Å². The Morgan fingerprint density at radius 3 is 2.00 bits per heavy atom. The van der Waals surface area contributed by atoms with E-state index in [2.05, 4.69) is 0 Å². The minimum absolute atomic E-state index is 0. The molecule has 1 unspecified atom stereocenters. The van der Waals surface area contributed by atoms with Crippen molar-refractivity contribution < 1.29 is 13.4 Å². The number of rotatable bonds is 2. The first-order valence-electron chi connectivity index (χ1n) is 3.01. The van der Waals surface area contributed by atoms with Crippen molar-refractivity contribution in [2.45, 2.75) is 6.30 Å². The molecule has 0 aliphatic carbocycles. The highest BCUT2D eigenvalue weighted by Gasteiger charge is 2.17. The maximum atomic E-state index is 12.4. The molecule has 5 heteroatoms. The van der Waals surface area contributed by atoms with Crippen LogP contribution in [0.2, 0.25) is 0 Å². The number of benzene rings is 1. The molecule has 0 aromatic heterocycles. The molecule has 0 saturated heterocycles. The largest absolute Gasteiger partial charge is 0.237 e. The zero-order valence-electron chi connectivity index (χ0n) is 6.12. The lowest BCUT2D eigenvalue weighted by Gasteiger charge is -2.06. The monoisotopic (exact) mass is 172 g/mol. The molecule has 0 spiro atoms. The SMILES string of the molecule is FC(c1ccccc1)N(F)F.[B]. The van der Waals surface area contributed by atoms with Crippen LogP contribution < -0.4 is 0 Å². The molecule has 0 heterocycles. The van der Waals surface area contributed by atoms with Crippen molar-refractivity contribution in [3.05, 3.63) is 35.9 Å². The number of nitrogens with zero attached hydrogens (tertiary/aromatic N) is 1. The van der Waals surface area contributed by atoms with Crippen molar-refractivity contribution in [3.63, 3.8) is 0 Å². The molecular formula is C7H6BF3N. The van der Waals surface area contributed by atoms with E-state index in [1.54, 1.807) is 6.07 Å². The molecule has 1 rings (SSSR count). The van der Waals surface area contributed by atoms with Gasteiger partial charge in [-0.3, -0.25) is 0 Å². The Morgan fingerprint density at radius 1 is 1.08 bits per heavy atom. The molecule has 0 saturated carbocycles. The Kier molecular flexibility index (Phi) is 4.43. The minimum Gasteiger partial charge on any atom is -0.219 e. The summed E-state index contributed by atoms with van der Waals surface area (Å²) in [5.41, 5.74) is -0.0440. The molecule has 0 N–H and O–H groups in total. The third-order valence-electron chi connectivity index (χ3n) is 1.25. The molecule has 0 amide bonds. The molecule has 12 heavy (non-hydrogen) atoms. The summed E-state index contributed by atoms with van der Waals surface area (Å²) >= 11 is 0. The Labute approximate surface area is 70.2 Å². The van der Waals surface area contributed by atoms with E-state index < -0.39 is 11.6 Å². The van der Waals surface area contributed by atoms with Crippen LogP contribution in [-0.4, -0.2) is 13.8 Å². The number of hydrogen-bond donors (Lipinski definition) is 0. The summed E-state index contributed by atoms with van der Waals surface area (Å²) in [5.74, 6) is 0. The van der Waals surface area contributed by atoms with Gasteiger partial charge in [0.25, 0.3) is 0 Å². The standard InChI is InChI=1S/C7H6F3N.B/c8-7(11(9)10)6-4-2-1-3-5-6;/h1-5,7H;. The van der Waals surface area contributed by atoms with Crippen LogP contribution in [0.5, 0.6) is 0 Å². The summed E-state index contributed by atoms with van der Waals surface area (Å²) in [4.78, 5) is 0. The average molecular weight is 172 g/mol. The zero-order chi connectivity index (χ0) is 8.27. The Bertz CT molecular complexity index is 217. The van der Waals surface area contributed by atoms with Crippen LogP contribution in [0.15, 0.2) is 30.3 Å². The molecular weight excluding hydrogens is 166 g/mol. The minimum atomic E-state index is -2.32. The van der Waals surface area contributed by atoms with Crippen LogP contribution >= 0.6 is 0 Å². The Balaban J connectivity index is 0.00000121. The summed E-state index contributed by atoms with van der Waals surface area (Å²) in [7, 11) is 0. The maximum Gasteiger partial charge on any atom is 0.237 e. The van der Waals surface area contributed by atoms with E-state index in [1.165, 1.54) is 24.3 Å². The predicted octanol–water partition coefficient (Wildman–Crippen LogP) is 2.34. The normalized spacial score (nSPS) is 12.3. The average Bonchev–Trinajstić information content (AvgIpc) is 2.05. The first-order valence-corrected chi connectivity index (χ1v) is 3.01. The summed E-state index contributed by atoms with van der Waals surface area (Å²) in [6.07, 6.45) is -2.32. The van der Waals surface area contributed by atoms with Crippen molar-refractivity contribution in [1.29, 1.82) is 0 Å². The van der Waals surface area contributed by atoms with Gasteiger partial charge < -0.3 is 0 Å². The van der Waals surface area contributed by atoms with Gasteiger partial charge in [0.15, 0.2) is 0 Å². The predicted molar refractivity (Wildman–Crippen MR) is 40.1 cm³/mol. The van der Waals surface area contributed by atoms with Crippen LogP contribution in [-0.2, 0) is 0 Å². The highest BCUT2D eigenvalue weighted by molar-refractivity contribution is 5.75. The lowest BCUT2D eigenvalue weighted by molar-refractivity contribution is -0.226. The molecule has 63 valence electrons. The van der Waals surface area contributed by atoms with Crippen molar-refractivity contribution in [3.8, 4) is 0 Å². The van der Waals surface area contributed by atoms with Gasteiger partial charge in [0.1, 0.15) is 0 Å². The zero-order valence-corrected chi connectivity index (χ0v) is 6.12. The van der Waals surface area contributed by atoms with Crippen LogP contribution in [0.4, 0.5) is 13.4 Å². The lowest BCUT2D eigenvalue weighted by atomic mass is 10.2. The van der Waals surface area contributed by atoms with Crippen LogP contribution in [0.25, 0.3) is 0 Å². The van der Waals surface area contributed by atoms with Gasteiger partial charge in [0, 0.05) is 14.0 Å². The molecule has 1 atom stereocenters. The summed E-state index contributed by atoms with van der Waals surface area (Å²) < 4.78 is 35.6. The van der Waals surface area contributed by atoms with Gasteiger partial charge in [-0.25, -0.2) is 4.39 Å². The molecule has 0 fully saturated rings. The summed E-state index contributed by atoms with van der Waals surface area (Å²) in [6, 6.07) is 7.25. The fourth-order valence-electron chi connectivity index (χ4n) is 0.725. The number of alkyl halides is 1. The van der Waals surface area contributed by atoms with E-state index in [-0.39, 0.29) is 14.0 Å². The molecule has 0 bridgehead atoms. The second kappa shape index (κ2) is 4.82. The van der Waals surface area contributed by atoms with Crippen molar-refractivity contribution >= 4 is 8.41 Å². The van der Waals surface area contributed by atoms with Crippen LogP contribution in [0.3, 0.4) is 0 Å². The highest BCUT2D eigenvalue weighted by atomic mass is 19.4. The van der Waals surface area contributed by atoms with Crippen molar-refractivity contribution in [2.24, 2.45) is 0 Å². The van der Waals surface area contributed by atoms with E-state index in [0.29, 0.717) is 0 Å². The topological polar surface area (TPSA) is 3.24 Å². The maximum absolute atomic E-state index is 12.4. The second-order valence-corrected chi connectivity index (χ2v) is 2.01. The number of halogens is 3. The lowest BCUT2D eigenvalue weighted by Crippen LogP contribution is -2.05. The Hall–Kier alpha value is -0.965. The van der Waals surface area contributed by atoms with Gasteiger partial charge >= 0.3 is 0 Å². The molecule has 3 radical (unpaired) electrons. The van der Waals surface area contributed by atoms with E-state index in [4.69, 9.17) is 0 Å². The first-order chi connectivity index (χ1) is 5.22. The quantitative estimate of drug-likeness (QED) is 0.376. The van der Waals surface area contributed by atoms with E-state index in [0.717, 1.165) is 0 Å². The van der Waals surface area contributed by atoms with Crippen molar-refractivity contribution in [1.82, 2.24) is 5.34 Å². The third-order valence-corrected chi connectivity index (χ3v) is 1.25. The molecule has 1 nitrogen and oxygen atoms in total. The second-order valence-electron chi connectivity index (χ2n) is 2.01. The van der Waals surface area contributed by atoms with Crippen molar-refractivity contribution in [2.75, 3.05) is 0 Å². The Morgan fingerprint density at radius 2 is 1.58 bits per heavy atom. The van der Waals surface area contributed by atoms with Gasteiger partial charge in [-0.15, -0.1) is 0 Å². The third kappa shape index (κ3) is 2.58. The van der Waals surface area contributed by atoms with Crippen LogP contribution in [0, 0.1) is 0 Å². The fraction of sp³-hybridized carbons (Fsp3) is 0.143. The molecule has 0 aliphatic heterocycles. The van der Waals surface area contributed by atoms with Gasteiger partial charge in [0.05, 0.1) is 5.34 Å². The summed E-state index contributed by atoms with van der Waals surface area (Å²) in [5, 5.41) is -1.46. The highest BCUT2D eigenvalue weighted by Crippen LogP contribution is 2.21.